The van der Waals surface area contributed by atoms with Crippen molar-refractivity contribution < 1.29 is 9.90 Å². The van der Waals surface area contributed by atoms with Gasteiger partial charge in [-0.15, -0.1) is 0 Å². The normalized spacial score (nSPS) is 16.2. The number of benzene rings is 1. The standard InChI is InChI=1S/C11H13ClN2O2/c12-10-7-8(1-2-9(10)11(15)16)14-5-3-13-4-6-14/h1-2,7,13H,3-6H2,(H,15,16). The summed E-state index contributed by atoms with van der Waals surface area (Å²) in [4.78, 5) is 13.0. The van der Waals surface area contributed by atoms with Crippen LogP contribution in [0.1, 0.15) is 10.4 Å². The Labute approximate surface area is 98.8 Å². The molecule has 0 unspecified atom stereocenters. The van der Waals surface area contributed by atoms with Crippen molar-refractivity contribution in [2.45, 2.75) is 0 Å². The second kappa shape index (κ2) is 4.72. The highest BCUT2D eigenvalue weighted by atomic mass is 35.5. The lowest BCUT2D eigenvalue weighted by Crippen LogP contribution is -2.43. The third-order valence-corrected chi connectivity index (χ3v) is 2.98. The van der Waals surface area contributed by atoms with Crippen LogP contribution in [0.3, 0.4) is 0 Å². The summed E-state index contributed by atoms with van der Waals surface area (Å²) in [5.41, 5.74) is 1.14. The zero-order valence-electron chi connectivity index (χ0n) is 8.74. The number of nitrogens with zero attached hydrogens (tertiary/aromatic N) is 1. The van der Waals surface area contributed by atoms with Crippen LogP contribution in [0, 0.1) is 0 Å². The number of carboxylic acid groups (broad SMARTS) is 1. The molecular formula is C11H13ClN2O2. The summed E-state index contributed by atoms with van der Waals surface area (Å²) >= 11 is 5.92. The minimum Gasteiger partial charge on any atom is -0.478 e. The Morgan fingerprint density at radius 3 is 2.62 bits per heavy atom. The van der Waals surface area contributed by atoms with Crippen molar-refractivity contribution in [3.05, 3.63) is 28.8 Å². The van der Waals surface area contributed by atoms with Gasteiger partial charge in [-0.2, -0.15) is 0 Å². The van der Waals surface area contributed by atoms with Crippen molar-refractivity contribution in [2.24, 2.45) is 0 Å². The molecule has 2 rings (SSSR count). The molecule has 0 spiro atoms. The van der Waals surface area contributed by atoms with Crippen LogP contribution in [0.4, 0.5) is 5.69 Å². The highest BCUT2D eigenvalue weighted by Gasteiger charge is 2.14. The van der Waals surface area contributed by atoms with Crippen LogP contribution in [0.15, 0.2) is 18.2 Å². The number of aromatic carboxylic acids is 1. The fourth-order valence-corrected chi connectivity index (χ4v) is 2.05. The van der Waals surface area contributed by atoms with Gasteiger partial charge in [-0.1, -0.05) is 11.6 Å². The SMILES string of the molecule is O=C(O)c1ccc(N2CCNCC2)cc1Cl. The summed E-state index contributed by atoms with van der Waals surface area (Å²) in [6.45, 7) is 3.72. The van der Waals surface area contributed by atoms with Gasteiger partial charge in [0.1, 0.15) is 0 Å². The molecule has 86 valence electrons. The molecule has 5 heteroatoms. The van der Waals surface area contributed by atoms with Gasteiger partial charge in [-0.25, -0.2) is 4.79 Å². The van der Waals surface area contributed by atoms with E-state index in [0.717, 1.165) is 31.9 Å². The van der Waals surface area contributed by atoms with Crippen LogP contribution in [0.5, 0.6) is 0 Å². The van der Waals surface area contributed by atoms with E-state index in [0.29, 0.717) is 5.02 Å². The smallest absolute Gasteiger partial charge is 0.337 e. The highest BCUT2D eigenvalue weighted by molar-refractivity contribution is 6.33. The topological polar surface area (TPSA) is 52.6 Å². The van der Waals surface area contributed by atoms with Crippen molar-refractivity contribution in [1.82, 2.24) is 5.32 Å². The largest absolute Gasteiger partial charge is 0.478 e. The lowest BCUT2D eigenvalue weighted by Gasteiger charge is -2.29. The first-order valence-corrected chi connectivity index (χ1v) is 5.55. The molecule has 1 aliphatic heterocycles. The Morgan fingerprint density at radius 2 is 2.06 bits per heavy atom. The van der Waals surface area contributed by atoms with Gasteiger partial charge in [0, 0.05) is 31.9 Å². The predicted molar refractivity (Wildman–Crippen MR) is 63.5 cm³/mol. The summed E-state index contributed by atoms with van der Waals surface area (Å²) in [5, 5.41) is 12.4. The molecule has 1 fully saturated rings. The second-order valence-electron chi connectivity index (χ2n) is 3.71. The molecule has 2 N–H and O–H groups in total. The molecular weight excluding hydrogens is 228 g/mol. The predicted octanol–water partition coefficient (Wildman–Crippen LogP) is 1.45. The molecule has 0 aromatic heterocycles. The van der Waals surface area contributed by atoms with Gasteiger partial charge < -0.3 is 15.3 Å². The monoisotopic (exact) mass is 240 g/mol. The second-order valence-corrected chi connectivity index (χ2v) is 4.11. The number of nitrogens with one attached hydrogen (secondary N) is 1. The Hall–Kier alpha value is -1.26. The van der Waals surface area contributed by atoms with Crippen molar-refractivity contribution in [1.29, 1.82) is 0 Å². The van der Waals surface area contributed by atoms with Gasteiger partial charge in [0.05, 0.1) is 10.6 Å². The molecule has 4 nitrogen and oxygen atoms in total. The van der Waals surface area contributed by atoms with Crippen LogP contribution in [0.2, 0.25) is 5.02 Å². The quantitative estimate of drug-likeness (QED) is 0.822. The molecule has 0 bridgehead atoms. The van der Waals surface area contributed by atoms with Crippen molar-refractivity contribution in [2.75, 3.05) is 31.1 Å². The zero-order valence-corrected chi connectivity index (χ0v) is 9.50. The van der Waals surface area contributed by atoms with Crippen LogP contribution in [-0.2, 0) is 0 Å². The van der Waals surface area contributed by atoms with Crippen LogP contribution < -0.4 is 10.2 Å². The number of hydrogen-bond donors (Lipinski definition) is 2. The van der Waals surface area contributed by atoms with E-state index in [1.807, 2.05) is 0 Å². The number of carbonyl (C=O) groups is 1. The number of halogens is 1. The van der Waals surface area contributed by atoms with Crippen molar-refractivity contribution in [3.8, 4) is 0 Å². The van der Waals surface area contributed by atoms with Gasteiger partial charge in [-0.3, -0.25) is 0 Å². The summed E-state index contributed by atoms with van der Waals surface area (Å²) in [7, 11) is 0. The van der Waals surface area contributed by atoms with E-state index in [4.69, 9.17) is 16.7 Å². The number of anilines is 1. The van der Waals surface area contributed by atoms with E-state index in [9.17, 15) is 4.79 Å². The number of hydrogen-bond acceptors (Lipinski definition) is 3. The Morgan fingerprint density at radius 1 is 1.38 bits per heavy atom. The average molecular weight is 241 g/mol. The summed E-state index contributed by atoms with van der Waals surface area (Å²) in [6.07, 6.45) is 0. The van der Waals surface area contributed by atoms with E-state index in [2.05, 4.69) is 10.2 Å². The zero-order chi connectivity index (χ0) is 11.5. The molecule has 0 atom stereocenters. The molecule has 1 saturated heterocycles. The van der Waals surface area contributed by atoms with Gasteiger partial charge in [0.25, 0.3) is 0 Å². The first kappa shape index (κ1) is 11.2. The molecule has 0 aliphatic carbocycles. The molecule has 0 saturated carbocycles. The average Bonchev–Trinajstić information content (AvgIpc) is 2.29. The summed E-state index contributed by atoms with van der Waals surface area (Å²) in [5.74, 6) is -0.989. The maximum atomic E-state index is 10.8. The molecule has 16 heavy (non-hydrogen) atoms. The maximum Gasteiger partial charge on any atom is 0.337 e. The molecule has 1 aromatic carbocycles. The summed E-state index contributed by atoms with van der Waals surface area (Å²) < 4.78 is 0. The van der Waals surface area contributed by atoms with Gasteiger partial charge in [0.2, 0.25) is 0 Å². The Kier molecular flexibility index (Phi) is 3.31. The lowest BCUT2D eigenvalue weighted by molar-refractivity contribution is 0.0697. The van der Waals surface area contributed by atoms with E-state index in [-0.39, 0.29) is 5.56 Å². The van der Waals surface area contributed by atoms with Gasteiger partial charge in [-0.05, 0) is 18.2 Å². The minimum atomic E-state index is -0.989. The van der Waals surface area contributed by atoms with Crippen LogP contribution in [-0.4, -0.2) is 37.3 Å². The van der Waals surface area contributed by atoms with Crippen LogP contribution >= 0.6 is 11.6 Å². The van der Waals surface area contributed by atoms with E-state index >= 15 is 0 Å². The van der Waals surface area contributed by atoms with Crippen molar-refractivity contribution in [3.63, 3.8) is 0 Å². The van der Waals surface area contributed by atoms with E-state index < -0.39 is 5.97 Å². The fraction of sp³-hybridized carbons (Fsp3) is 0.364. The Bertz CT molecular complexity index is 403. The van der Waals surface area contributed by atoms with E-state index in [1.165, 1.54) is 0 Å². The lowest BCUT2D eigenvalue weighted by atomic mass is 10.2. The number of piperazine rings is 1. The fourth-order valence-electron chi connectivity index (χ4n) is 1.80. The maximum absolute atomic E-state index is 10.8. The van der Waals surface area contributed by atoms with E-state index in [1.54, 1.807) is 18.2 Å². The summed E-state index contributed by atoms with van der Waals surface area (Å²) in [6, 6.07) is 5.08. The first-order chi connectivity index (χ1) is 7.68. The third-order valence-electron chi connectivity index (χ3n) is 2.67. The highest BCUT2D eigenvalue weighted by Crippen LogP contribution is 2.24. The molecule has 1 aliphatic rings. The third kappa shape index (κ3) is 2.28. The van der Waals surface area contributed by atoms with Crippen LogP contribution in [0.25, 0.3) is 0 Å². The van der Waals surface area contributed by atoms with Gasteiger partial charge >= 0.3 is 5.97 Å². The first-order valence-electron chi connectivity index (χ1n) is 5.17. The minimum absolute atomic E-state index is 0.153. The molecule has 1 aromatic rings. The Balaban J connectivity index is 2.23. The molecule has 0 amide bonds. The molecule has 1 heterocycles. The van der Waals surface area contributed by atoms with Gasteiger partial charge in [0.15, 0.2) is 0 Å². The number of carboxylic acids is 1. The number of rotatable bonds is 2. The molecule has 0 radical (unpaired) electrons. The van der Waals surface area contributed by atoms with Crippen molar-refractivity contribution >= 4 is 23.3 Å².